The number of benzene rings is 1. The molecule has 0 radical (unpaired) electrons. The van der Waals surface area contributed by atoms with Crippen molar-refractivity contribution >= 4 is 10.9 Å². The van der Waals surface area contributed by atoms with Crippen LogP contribution in [0.15, 0.2) is 30.3 Å². The SMILES string of the molecule is Cc1cc(C2CCCNC2)nc2ccccc12. The number of nitrogens with zero attached hydrogens (tertiary/aromatic N) is 1. The Morgan fingerprint density at radius 2 is 2.18 bits per heavy atom. The quantitative estimate of drug-likeness (QED) is 0.808. The second-order valence-electron chi connectivity index (χ2n) is 4.92. The summed E-state index contributed by atoms with van der Waals surface area (Å²) in [5, 5.41) is 4.74. The Balaban J connectivity index is 2.05. The van der Waals surface area contributed by atoms with Gasteiger partial charge in [-0.2, -0.15) is 0 Å². The lowest BCUT2D eigenvalue weighted by molar-refractivity contribution is 0.455. The number of pyridine rings is 1. The number of para-hydroxylation sites is 1. The molecule has 17 heavy (non-hydrogen) atoms. The Bertz CT molecular complexity index is 527. The molecule has 0 saturated carbocycles. The van der Waals surface area contributed by atoms with Gasteiger partial charge in [0.2, 0.25) is 0 Å². The van der Waals surface area contributed by atoms with Gasteiger partial charge < -0.3 is 5.32 Å². The van der Waals surface area contributed by atoms with E-state index in [9.17, 15) is 0 Å². The average molecular weight is 226 g/mol. The fraction of sp³-hybridized carbons (Fsp3) is 0.400. The molecule has 1 aliphatic heterocycles. The first-order valence-corrected chi connectivity index (χ1v) is 6.41. The zero-order chi connectivity index (χ0) is 11.7. The van der Waals surface area contributed by atoms with E-state index in [2.05, 4.69) is 42.6 Å². The lowest BCUT2D eigenvalue weighted by atomic mass is 9.94. The third kappa shape index (κ3) is 2.05. The summed E-state index contributed by atoms with van der Waals surface area (Å²) in [5.41, 5.74) is 3.73. The molecular weight excluding hydrogens is 208 g/mol. The third-order valence-corrected chi connectivity index (χ3v) is 3.66. The molecule has 1 aromatic heterocycles. The maximum absolute atomic E-state index is 4.82. The summed E-state index contributed by atoms with van der Waals surface area (Å²) in [4.78, 5) is 4.82. The van der Waals surface area contributed by atoms with Crippen molar-refractivity contribution in [3.05, 3.63) is 41.6 Å². The molecule has 1 aliphatic rings. The normalized spacial score (nSPS) is 20.6. The van der Waals surface area contributed by atoms with Gasteiger partial charge in [-0.05, 0) is 44.0 Å². The van der Waals surface area contributed by atoms with E-state index in [0.717, 1.165) is 18.6 Å². The first-order valence-electron chi connectivity index (χ1n) is 6.41. The van der Waals surface area contributed by atoms with Crippen molar-refractivity contribution in [3.63, 3.8) is 0 Å². The van der Waals surface area contributed by atoms with Gasteiger partial charge in [-0.1, -0.05) is 18.2 Å². The van der Waals surface area contributed by atoms with Crippen molar-refractivity contribution in [1.29, 1.82) is 0 Å². The van der Waals surface area contributed by atoms with Crippen LogP contribution >= 0.6 is 0 Å². The highest BCUT2D eigenvalue weighted by molar-refractivity contribution is 5.82. The summed E-state index contributed by atoms with van der Waals surface area (Å²) >= 11 is 0. The van der Waals surface area contributed by atoms with Crippen LogP contribution in [0.3, 0.4) is 0 Å². The van der Waals surface area contributed by atoms with Gasteiger partial charge in [0, 0.05) is 23.5 Å². The van der Waals surface area contributed by atoms with Crippen LogP contribution in [0.4, 0.5) is 0 Å². The van der Waals surface area contributed by atoms with Crippen LogP contribution < -0.4 is 5.32 Å². The van der Waals surface area contributed by atoms with Crippen LogP contribution in [0.1, 0.15) is 30.0 Å². The van der Waals surface area contributed by atoms with Crippen LogP contribution in [0.2, 0.25) is 0 Å². The molecule has 0 spiro atoms. The minimum atomic E-state index is 0.590. The molecule has 0 aliphatic carbocycles. The standard InChI is InChI=1S/C15H18N2/c1-11-9-15(12-5-4-8-16-10-12)17-14-7-3-2-6-13(11)14/h2-3,6-7,9,12,16H,4-5,8,10H2,1H3. The molecule has 1 atom stereocenters. The number of piperidine rings is 1. The van der Waals surface area contributed by atoms with Gasteiger partial charge >= 0.3 is 0 Å². The molecule has 88 valence electrons. The van der Waals surface area contributed by atoms with Gasteiger partial charge in [-0.3, -0.25) is 4.98 Å². The third-order valence-electron chi connectivity index (χ3n) is 3.66. The minimum absolute atomic E-state index is 0.590. The number of hydrogen-bond donors (Lipinski definition) is 1. The molecule has 1 saturated heterocycles. The Labute approximate surface area is 102 Å². The highest BCUT2D eigenvalue weighted by atomic mass is 14.9. The number of aryl methyl sites for hydroxylation is 1. The smallest absolute Gasteiger partial charge is 0.0708 e. The lowest BCUT2D eigenvalue weighted by Crippen LogP contribution is -2.28. The van der Waals surface area contributed by atoms with Gasteiger partial charge in [0.05, 0.1) is 5.52 Å². The van der Waals surface area contributed by atoms with Crippen LogP contribution in [-0.2, 0) is 0 Å². The van der Waals surface area contributed by atoms with Crippen molar-refractivity contribution in [2.75, 3.05) is 13.1 Å². The first-order chi connectivity index (χ1) is 8.34. The van der Waals surface area contributed by atoms with Crippen molar-refractivity contribution in [2.24, 2.45) is 0 Å². The molecule has 2 heterocycles. The highest BCUT2D eigenvalue weighted by Crippen LogP contribution is 2.25. The van der Waals surface area contributed by atoms with Crippen molar-refractivity contribution < 1.29 is 0 Å². The number of fused-ring (bicyclic) bond motifs is 1. The molecular formula is C15H18N2. The van der Waals surface area contributed by atoms with E-state index in [1.165, 1.54) is 29.5 Å². The first kappa shape index (κ1) is 10.7. The number of rotatable bonds is 1. The molecule has 1 N–H and O–H groups in total. The number of nitrogens with one attached hydrogen (secondary N) is 1. The number of hydrogen-bond acceptors (Lipinski definition) is 2. The van der Waals surface area contributed by atoms with Gasteiger partial charge in [0.1, 0.15) is 0 Å². The maximum atomic E-state index is 4.82. The molecule has 0 bridgehead atoms. The monoisotopic (exact) mass is 226 g/mol. The van der Waals surface area contributed by atoms with E-state index in [-0.39, 0.29) is 0 Å². The summed E-state index contributed by atoms with van der Waals surface area (Å²) in [6, 6.07) is 10.7. The largest absolute Gasteiger partial charge is 0.316 e. The molecule has 0 amide bonds. The summed E-state index contributed by atoms with van der Waals surface area (Å²) < 4.78 is 0. The van der Waals surface area contributed by atoms with Crippen molar-refractivity contribution in [3.8, 4) is 0 Å². The second kappa shape index (κ2) is 4.46. The van der Waals surface area contributed by atoms with E-state index < -0.39 is 0 Å². The highest BCUT2D eigenvalue weighted by Gasteiger charge is 2.17. The van der Waals surface area contributed by atoms with Gasteiger partial charge in [0.15, 0.2) is 0 Å². The predicted octanol–water partition coefficient (Wildman–Crippen LogP) is 3.01. The van der Waals surface area contributed by atoms with E-state index in [4.69, 9.17) is 4.98 Å². The number of aromatic nitrogens is 1. The molecule has 2 nitrogen and oxygen atoms in total. The fourth-order valence-corrected chi connectivity index (χ4v) is 2.69. The van der Waals surface area contributed by atoms with Crippen LogP contribution in [-0.4, -0.2) is 18.1 Å². The van der Waals surface area contributed by atoms with E-state index in [0.29, 0.717) is 5.92 Å². The molecule has 3 rings (SSSR count). The molecule has 1 fully saturated rings. The molecule has 2 heteroatoms. The summed E-state index contributed by atoms with van der Waals surface area (Å²) in [6.07, 6.45) is 2.52. The lowest BCUT2D eigenvalue weighted by Gasteiger charge is -2.23. The Morgan fingerprint density at radius 3 is 3.00 bits per heavy atom. The summed E-state index contributed by atoms with van der Waals surface area (Å²) in [6.45, 7) is 4.41. The topological polar surface area (TPSA) is 24.9 Å². The maximum Gasteiger partial charge on any atom is 0.0708 e. The molecule has 2 aromatic rings. The van der Waals surface area contributed by atoms with E-state index in [1.54, 1.807) is 0 Å². The molecule has 1 aromatic carbocycles. The average Bonchev–Trinajstić information content (AvgIpc) is 2.40. The summed E-state index contributed by atoms with van der Waals surface area (Å²) in [7, 11) is 0. The Morgan fingerprint density at radius 1 is 1.29 bits per heavy atom. The van der Waals surface area contributed by atoms with Crippen LogP contribution in [0, 0.1) is 6.92 Å². The van der Waals surface area contributed by atoms with Gasteiger partial charge in [0.25, 0.3) is 0 Å². The van der Waals surface area contributed by atoms with Gasteiger partial charge in [-0.15, -0.1) is 0 Å². The minimum Gasteiger partial charge on any atom is -0.316 e. The zero-order valence-electron chi connectivity index (χ0n) is 10.2. The van der Waals surface area contributed by atoms with Crippen molar-refractivity contribution in [1.82, 2.24) is 10.3 Å². The van der Waals surface area contributed by atoms with Gasteiger partial charge in [-0.25, -0.2) is 0 Å². The van der Waals surface area contributed by atoms with Crippen molar-refractivity contribution in [2.45, 2.75) is 25.7 Å². The van der Waals surface area contributed by atoms with Crippen LogP contribution in [0.25, 0.3) is 10.9 Å². The summed E-state index contributed by atoms with van der Waals surface area (Å²) in [5.74, 6) is 0.590. The Hall–Kier alpha value is -1.41. The zero-order valence-corrected chi connectivity index (χ0v) is 10.2. The second-order valence-corrected chi connectivity index (χ2v) is 4.92. The fourth-order valence-electron chi connectivity index (χ4n) is 2.69. The predicted molar refractivity (Wildman–Crippen MR) is 71.3 cm³/mol. The van der Waals surface area contributed by atoms with Crippen LogP contribution in [0.5, 0.6) is 0 Å². The van der Waals surface area contributed by atoms with E-state index >= 15 is 0 Å². The molecule has 1 unspecified atom stereocenters. The van der Waals surface area contributed by atoms with E-state index in [1.807, 2.05) is 0 Å². The Kier molecular flexibility index (Phi) is 2.81.